The number of amides is 3. The van der Waals surface area contributed by atoms with E-state index in [9.17, 15) is 23.2 Å². The summed E-state index contributed by atoms with van der Waals surface area (Å²) < 4.78 is 31.9. The molecule has 0 spiro atoms. The predicted molar refractivity (Wildman–Crippen MR) is 113 cm³/mol. The number of nitrogens with two attached hydrogens (primary N) is 1. The molecular weight excluding hydrogens is 434 g/mol. The molecule has 1 aliphatic rings. The Morgan fingerprint density at radius 3 is 2.48 bits per heavy atom. The average Bonchev–Trinajstić information content (AvgIpc) is 3.29. The number of carbonyl (C=O) groups excluding carboxylic acids is 3. The number of nitriles is 1. The summed E-state index contributed by atoms with van der Waals surface area (Å²) >= 11 is 0. The van der Waals surface area contributed by atoms with Crippen LogP contribution in [0.4, 0.5) is 13.6 Å². The van der Waals surface area contributed by atoms with Gasteiger partial charge in [-0.05, 0) is 41.7 Å². The Morgan fingerprint density at radius 1 is 1.15 bits per heavy atom. The monoisotopic (exact) mass is 456 g/mol. The van der Waals surface area contributed by atoms with Crippen LogP contribution in [0.1, 0.15) is 24.8 Å². The molecule has 172 valence electrons. The van der Waals surface area contributed by atoms with E-state index >= 15 is 0 Å². The summed E-state index contributed by atoms with van der Waals surface area (Å²) in [6.07, 6.45) is -0.0115. The standard InChI is InChI=1S/C23H22F2N4O4/c24-18-8-7-16(10-19(18)25)15-5-3-14(4-6-15)13-33-23(32)29-9-1-2-20(29)22(31)28-17(12-26)11-21(27)30/h3-8,10,17,20H,1-2,9,11,13H2,(H2,27,30)(H,28,31)/t17-,20-/m0/s1. The number of primary amides is 1. The van der Waals surface area contributed by atoms with Crippen LogP contribution in [0.25, 0.3) is 11.1 Å². The molecule has 1 fully saturated rings. The lowest BCUT2D eigenvalue weighted by molar-refractivity contribution is -0.125. The molecule has 1 aliphatic heterocycles. The van der Waals surface area contributed by atoms with Crippen LogP contribution in [-0.2, 0) is 20.9 Å². The van der Waals surface area contributed by atoms with E-state index < -0.39 is 41.6 Å². The lowest BCUT2D eigenvalue weighted by atomic mass is 10.0. The first kappa shape index (κ1) is 23.7. The number of ether oxygens (including phenoxy) is 1. The van der Waals surface area contributed by atoms with Crippen molar-refractivity contribution in [1.29, 1.82) is 5.26 Å². The molecule has 0 saturated carbocycles. The van der Waals surface area contributed by atoms with E-state index in [2.05, 4.69) is 5.32 Å². The zero-order valence-electron chi connectivity index (χ0n) is 17.6. The molecule has 0 aromatic heterocycles. The van der Waals surface area contributed by atoms with Crippen molar-refractivity contribution in [3.8, 4) is 17.2 Å². The first-order chi connectivity index (χ1) is 15.8. The highest BCUT2D eigenvalue weighted by Crippen LogP contribution is 2.23. The summed E-state index contributed by atoms with van der Waals surface area (Å²) in [5.41, 5.74) is 6.91. The maximum atomic E-state index is 13.4. The van der Waals surface area contributed by atoms with Crippen LogP contribution in [0.2, 0.25) is 0 Å². The molecule has 3 amide bonds. The Balaban J connectivity index is 1.57. The summed E-state index contributed by atoms with van der Waals surface area (Å²) in [6, 6.07) is 10.3. The van der Waals surface area contributed by atoms with Crippen molar-refractivity contribution in [2.75, 3.05) is 6.54 Å². The van der Waals surface area contributed by atoms with Gasteiger partial charge in [-0.2, -0.15) is 5.26 Å². The fourth-order valence-corrected chi connectivity index (χ4v) is 3.55. The number of halogens is 2. The van der Waals surface area contributed by atoms with Crippen molar-refractivity contribution in [1.82, 2.24) is 10.2 Å². The smallest absolute Gasteiger partial charge is 0.410 e. The van der Waals surface area contributed by atoms with Gasteiger partial charge in [0.2, 0.25) is 11.8 Å². The topological polar surface area (TPSA) is 126 Å². The molecule has 3 N–H and O–H groups in total. The number of hydrogen-bond acceptors (Lipinski definition) is 5. The Hall–Kier alpha value is -4.00. The zero-order chi connectivity index (χ0) is 24.0. The molecule has 3 rings (SSSR count). The van der Waals surface area contributed by atoms with Gasteiger partial charge in [0, 0.05) is 6.54 Å². The molecule has 10 heteroatoms. The second-order valence-corrected chi connectivity index (χ2v) is 7.59. The first-order valence-electron chi connectivity index (χ1n) is 10.2. The Morgan fingerprint density at radius 2 is 1.85 bits per heavy atom. The average molecular weight is 456 g/mol. The van der Waals surface area contributed by atoms with Gasteiger partial charge >= 0.3 is 6.09 Å². The number of rotatable bonds is 7. The van der Waals surface area contributed by atoms with Crippen molar-refractivity contribution in [3.63, 3.8) is 0 Å². The highest BCUT2D eigenvalue weighted by Gasteiger charge is 2.36. The van der Waals surface area contributed by atoms with Gasteiger partial charge in [-0.3, -0.25) is 14.5 Å². The third-order valence-electron chi connectivity index (χ3n) is 5.24. The number of carbonyl (C=O) groups is 3. The van der Waals surface area contributed by atoms with E-state index in [0.29, 0.717) is 36.1 Å². The fraction of sp³-hybridized carbons (Fsp3) is 0.304. The number of hydrogen-bond donors (Lipinski definition) is 2. The third kappa shape index (κ3) is 6.04. The van der Waals surface area contributed by atoms with Gasteiger partial charge in [-0.1, -0.05) is 30.3 Å². The molecule has 1 saturated heterocycles. The molecular formula is C23H22F2N4O4. The van der Waals surface area contributed by atoms with E-state index in [1.165, 1.54) is 11.0 Å². The SMILES string of the molecule is N#C[C@H](CC(N)=O)NC(=O)[C@@H]1CCCN1C(=O)OCc1ccc(-c2ccc(F)c(F)c2)cc1. The predicted octanol–water partition coefficient (Wildman–Crippen LogP) is 2.62. The summed E-state index contributed by atoms with van der Waals surface area (Å²) in [4.78, 5) is 37.3. The Bertz CT molecular complexity index is 1080. The summed E-state index contributed by atoms with van der Waals surface area (Å²) in [5.74, 6) is -3.13. The maximum Gasteiger partial charge on any atom is 0.410 e. The highest BCUT2D eigenvalue weighted by molar-refractivity contribution is 5.87. The molecule has 0 aliphatic carbocycles. The van der Waals surface area contributed by atoms with Crippen LogP contribution in [0.5, 0.6) is 0 Å². The summed E-state index contributed by atoms with van der Waals surface area (Å²) in [5, 5.41) is 11.5. The molecule has 2 atom stereocenters. The first-order valence-corrected chi connectivity index (χ1v) is 10.2. The summed E-state index contributed by atoms with van der Waals surface area (Å²) in [7, 11) is 0. The van der Waals surface area contributed by atoms with Gasteiger partial charge in [-0.25, -0.2) is 13.6 Å². The van der Waals surface area contributed by atoms with Crippen molar-refractivity contribution in [3.05, 3.63) is 59.7 Å². The van der Waals surface area contributed by atoms with Crippen LogP contribution in [-0.4, -0.2) is 41.4 Å². The molecule has 1 heterocycles. The van der Waals surface area contributed by atoms with E-state index in [-0.39, 0.29) is 13.0 Å². The second kappa shape index (κ2) is 10.5. The van der Waals surface area contributed by atoms with Crippen molar-refractivity contribution >= 4 is 17.9 Å². The van der Waals surface area contributed by atoms with Crippen molar-refractivity contribution in [2.24, 2.45) is 5.73 Å². The minimum Gasteiger partial charge on any atom is -0.445 e. The van der Waals surface area contributed by atoms with Crippen LogP contribution in [0.15, 0.2) is 42.5 Å². The number of nitrogens with zero attached hydrogens (tertiary/aromatic N) is 2. The van der Waals surface area contributed by atoms with Crippen molar-refractivity contribution < 1.29 is 27.9 Å². The van der Waals surface area contributed by atoms with E-state index in [4.69, 9.17) is 15.7 Å². The molecule has 2 aromatic carbocycles. The highest BCUT2D eigenvalue weighted by atomic mass is 19.2. The van der Waals surface area contributed by atoms with Crippen molar-refractivity contribution in [2.45, 2.75) is 38.0 Å². The number of nitrogens with one attached hydrogen (secondary N) is 1. The molecule has 2 aromatic rings. The quantitative estimate of drug-likeness (QED) is 0.663. The van der Waals surface area contributed by atoms with Crippen LogP contribution >= 0.6 is 0 Å². The maximum absolute atomic E-state index is 13.4. The van der Waals surface area contributed by atoms with Gasteiger partial charge in [0.05, 0.1) is 12.5 Å². The Labute approximate surface area is 188 Å². The van der Waals surface area contributed by atoms with Gasteiger partial charge in [0.15, 0.2) is 11.6 Å². The molecule has 8 nitrogen and oxygen atoms in total. The van der Waals surface area contributed by atoms with Gasteiger partial charge in [-0.15, -0.1) is 0 Å². The van der Waals surface area contributed by atoms with Gasteiger partial charge < -0.3 is 15.8 Å². The molecule has 0 radical (unpaired) electrons. The lowest BCUT2D eigenvalue weighted by Crippen LogP contribution is -2.49. The third-order valence-corrected chi connectivity index (χ3v) is 5.24. The minimum absolute atomic E-state index is 0.0514. The fourth-order valence-electron chi connectivity index (χ4n) is 3.55. The molecule has 0 unspecified atom stereocenters. The van der Waals surface area contributed by atoms with Gasteiger partial charge in [0.1, 0.15) is 18.7 Å². The van der Waals surface area contributed by atoms with Crippen LogP contribution in [0, 0.1) is 23.0 Å². The lowest BCUT2D eigenvalue weighted by Gasteiger charge is -2.24. The van der Waals surface area contributed by atoms with E-state index in [1.807, 2.05) is 0 Å². The number of likely N-dealkylation sites (tertiary alicyclic amines) is 1. The number of benzene rings is 2. The largest absolute Gasteiger partial charge is 0.445 e. The summed E-state index contributed by atoms with van der Waals surface area (Å²) in [6.45, 7) is 0.267. The van der Waals surface area contributed by atoms with Crippen LogP contribution in [0.3, 0.4) is 0 Å². The minimum atomic E-state index is -1.07. The second-order valence-electron chi connectivity index (χ2n) is 7.59. The van der Waals surface area contributed by atoms with E-state index in [1.54, 1.807) is 30.3 Å². The zero-order valence-corrected chi connectivity index (χ0v) is 17.6. The molecule has 0 bridgehead atoms. The van der Waals surface area contributed by atoms with Crippen LogP contribution < -0.4 is 11.1 Å². The van der Waals surface area contributed by atoms with Gasteiger partial charge in [0.25, 0.3) is 0 Å². The Kier molecular flexibility index (Phi) is 7.56. The molecule has 33 heavy (non-hydrogen) atoms. The normalized spacial score (nSPS) is 16.0. The van der Waals surface area contributed by atoms with E-state index in [0.717, 1.165) is 12.1 Å².